The van der Waals surface area contributed by atoms with Gasteiger partial charge in [0.05, 0.1) is 39.4 Å². The minimum atomic E-state index is -0.409. The summed E-state index contributed by atoms with van der Waals surface area (Å²) < 4.78 is 16.0. The van der Waals surface area contributed by atoms with Gasteiger partial charge in [-0.15, -0.1) is 0 Å². The minimum absolute atomic E-state index is 0.0576. The molecule has 1 aromatic rings. The van der Waals surface area contributed by atoms with Crippen LogP contribution in [0.5, 0.6) is 17.2 Å². The van der Waals surface area contributed by atoms with Gasteiger partial charge < -0.3 is 14.2 Å². The van der Waals surface area contributed by atoms with Crippen LogP contribution in [0.3, 0.4) is 0 Å². The van der Waals surface area contributed by atoms with Gasteiger partial charge in [-0.05, 0) is 29.5 Å². The average molecular weight is 302 g/mol. The van der Waals surface area contributed by atoms with Gasteiger partial charge in [0.25, 0.3) is 0 Å². The number of hydrogen-bond acceptors (Lipinski definition) is 5. The van der Waals surface area contributed by atoms with Gasteiger partial charge in [0.15, 0.2) is 11.5 Å². The van der Waals surface area contributed by atoms with E-state index in [9.17, 15) is 5.26 Å². The Labute approximate surface area is 132 Å². The van der Waals surface area contributed by atoms with Crippen LogP contribution in [0.1, 0.15) is 31.7 Å². The van der Waals surface area contributed by atoms with E-state index >= 15 is 0 Å². The summed E-state index contributed by atoms with van der Waals surface area (Å²) >= 11 is 0. The van der Waals surface area contributed by atoms with Crippen molar-refractivity contribution in [2.75, 3.05) is 21.3 Å². The topological polar surface area (TPSA) is 75.3 Å². The third-order valence-corrected chi connectivity index (χ3v) is 3.80. The highest BCUT2D eigenvalue weighted by atomic mass is 16.5. The largest absolute Gasteiger partial charge is 0.493 e. The Kier molecular flexibility index (Phi) is 6.53. The molecule has 0 saturated heterocycles. The van der Waals surface area contributed by atoms with E-state index in [1.807, 2.05) is 13.8 Å². The zero-order valence-corrected chi connectivity index (χ0v) is 13.7. The van der Waals surface area contributed by atoms with Crippen molar-refractivity contribution in [1.82, 2.24) is 0 Å². The lowest BCUT2D eigenvalue weighted by atomic mass is 9.78. The molecular formula is C17H22N2O3. The third kappa shape index (κ3) is 3.62. The molecule has 0 aliphatic heterocycles. The second-order valence-electron chi connectivity index (χ2n) is 5.34. The summed E-state index contributed by atoms with van der Waals surface area (Å²) in [4.78, 5) is 0. The molecule has 0 aliphatic carbocycles. The number of ether oxygens (including phenoxy) is 3. The van der Waals surface area contributed by atoms with Crippen molar-refractivity contribution in [2.45, 2.75) is 26.2 Å². The standard InChI is InChI=1S/C17H22N2O3/c1-11(2)13(6-7-18)14(10-19)12-8-15(20-3)17(22-5)16(9-12)21-4/h8-9,11,13-14H,6H2,1-5H3. The molecule has 0 saturated carbocycles. The van der Waals surface area contributed by atoms with Crippen LogP contribution in [-0.2, 0) is 0 Å². The second kappa shape index (κ2) is 8.14. The van der Waals surface area contributed by atoms with Gasteiger partial charge in [0, 0.05) is 6.42 Å². The van der Waals surface area contributed by atoms with E-state index in [4.69, 9.17) is 19.5 Å². The van der Waals surface area contributed by atoms with E-state index in [-0.39, 0.29) is 11.8 Å². The molecule has 0 radical (unpaired) electrons. The molecule has 1 rings (SSSR count). The highest BCUT2D eigenvalue weighted by Gasteiger charge is 2.28. The average Bonchev–Trinajstić information content (AvgIpc) is 2.53. The van der Waals surface area contributed by atoms with Crippen LogP contribution in [0.2, 0.25) is 0 Å². The molecule has 2 atom stereocenters. The molecular weight excluding hydrogens is 280 g/mol. The van der Waals surface area contributed by atoms with E-state index in [0.717, 1.165) is 5.56 Å². The lowest BCUT2D eigenvalue weighted by Crippen LogP contribution is -2.17. The van der Waals surface area contributed by atoms with Gasteiger partial charge in [-0.1, -0.05) is 13.8 Å². The maximum Gasteiger partial charge on any atom is 0.203 e. The molecule has 2 unspecified atom stereocenters. The van der Waals surface area contributed by atoms with Gasteiger partial charge in [-0.2, -0.15) is 10.5 Å². The zero-order valence-electron chi connectivity index (χ0n) is 13.7. The predicted molar refractivity (Wildman–Crippen MR) is 83.0 cm³/mol. The Morgan fingerprint density at radius 2 is 1.55 bits per heavy atom. The lowest BCUT2D eigenvalue weighted by molar-refractivity contribution is 0.320. The molecule has 0 spiro atoms. The van der Waals surface area contributed by atoms with E-state index in [1.54, 1.807) is 12.1 Å². The highest BCUT2D eigenvalue weighted by molar-refractivity contribution is 5.55. The smallest absolute Gasteiger partial charge is 0.203 e. The summed E-state index contributed by atoms with van der Waals surface area (Å²) in [7, 11) is 4.61. The van der Waals surface area contributed by atoms with Crippen LogP contribution in [0.4, 0.5) is 0 Å². The monoisotopic (exact) mass is 302 g/mol. The van der Waals surface area contributed by atoms with Crippen LogP contribution >= 0.6 is 0 Å². The fraction of sp³-hybridized carbons (Fsp3) is 0.529. The van der Waals surface area contributed by atoms with Gasteiger partial charge in [0.2, 0.25) is 5.75 Å². The Balaban J connectivity index is 3.39. The van der Waals surface area contributed by atoms with Gasteiger partial charge in [0.1, 0.15) is 0 Å². The fourth-order valence-corrected chi connectivity index (χ4v) is 2.54. The molecule has 0 N–H and O–H groups in total. The summed E-state index contributed by atoms with van der Waals surface area (Å²) in [6.45, 7) is 4.04. The van der Waals surface area contributed by atoms with Crippen LogP contribution in [0.25, 0.3) is 0 Å². The normalized spacial score (nSPS) is 12.9. The predicted octanol–water partition coefficient (Wildman–Crippen LogP) is 3.51. The van der Waals surface area contributed by atoms with Crippen molar-refractivity contribution in [3.05, 3.63) is 17.7 Å². The summed E-state index contributed by atoms with van der Waals surface area (Å²) in [6.07, 6.45) is 0.326. The summed E-state index contributed by atoms with van der Waals surface area (Å²) in [6, 6.07) is 8.06. The van der Waals surface area contributed by atoms with Crippen LogP contribution in [0, 0.1) is 34.5 Å². The van der Waals surface area contributed by atoms with Crippen molar-refractivity contribution in [1.29, 1.82) is 10.5 Å². The molecule has 0 aliphatic rings. The first-order valence-electron chi connectivity index (χ1n) is 7.10. The van der Waals surface area contributed by atoms with E-state index in [0.29, 0.717) is 23.7 Å². The van der Waals surface area contributed by atoms with Crippen LogP contribution in [-0.4, -0.2) is 21.3 Å². The van der Waals surface area contributed by atoms with E-state index < -0.39 is 5.92 Å². The van der Waals surface area contributed by atoms with Crippen molar-refractivity contribution in [3.63, 3.8) is 0 Å². The molecule has 0 bridgehead atoms. The van der Waals surface area contributed by atoms with Crippen molar-refractivity contribution >= 4 is 0 Å². The van der Waals surface area contributed by atoms with Gasteiger partial charge in [-0.25, -0.2) is 0 Å². The quantitative estimate of drug-likeness (QED) is 0.770. The molecule has 5 nitrogen and oxygen atoms in total. The summed E-state index contributed by atoms with van der Waals surface area (Å²) in [5.74, 6) is 1.26. The van der Waals surface area contributed by atoms with E-state index in [1.165, 1.54) is 21.3 Å². The molecule has 0 heterocycles. The van der Waals surface area contributed by atoms with Crippen molar-refractivity contribution < 1.29 is 14.2 Å². The minimum Gasteiger partial charge on any atom is -0.493 e. The molecule has 0 amide bonds. The van der Waals surface area contributed by atoms with Crippen LogP contribution in [0.15, 0.2) is 12.1 Å². The maximum absolute atomic E-state index is 9.61. The number of rotatable bonds is 7. The Bertz CT molecular complexity index is 560. The number of methoxy groups -OCH3 is 3. The third-order valence-electron chi connectivity index (χ3n) is 3.80. The number of nitrogens with zero attached hydrogens (tertiary/aromatic N) is 2. The Hall–Kier alpha value is -2.40. The van der Waals surface area contributed by atoms with Gasteiger partial charge >= 0.3 is 0 Å². The zero-order chi connectivity index (χ0) is 16.7. The van der Waals surface area contributed by atoms with Crippen LogP contribution < -0.4 is 14.2 Å². The number of nitriles is 2. The molecule has 1 aromatic carbocycles. The summed E-state index contributed by atoms with van der Waals surface area (Å²) in [5, 5.41) is 18.6. The first kappa shape index (κ1) is 17.7. The second-order valence-corrected chi connectivity index (χ2v) is 5.34. The molecule has 118 valence electrons. The first-order valence-corrected chi connectivity index (χ1v) is 7.10. The molecule has 5 heteroatoms. The molecule has 0 fully saturated rings. The Morgan fingerprint density at radius 3 is 1.86 bits per heavy atom. The maximum atomic E-state index is 9.61. The first-order chi connectivity index (χ1) is 10.5. The van der Waals surface area contributed by atoms with E-state index in [2.05, 4.69) is 12.1 Å². The SMILES string of the molecule is COc1cc(C(C#N)C(CC#N)C(C)C)cc(OC)c1OC. The van der Waals surface area contributed by atoms with Crippen molar-refractivity contribution in [3.8, 4) is 29.4 Å². The number of hydrogen-bond donors (Lipinski definition) is 0. The molecule has 22 heavy (non-hydrogen) atoms. The fourth-order valence-electron chi connectivity index (χ4n) is 2.54. The summed E-state index contributed by atoms with van der Waals surface area (Å²) in [5.41, 5.74) is 0.769. The van der Waals surface area contributed by atoms with Crippen molar-refractivity contribution in [2.24, 2.45) is 11.8 Å². The highest BCUT2D eigenvalue weighted by Crippen LogP contribution is 2.42. The number of benzene rings is 1. The van der Waals surface area contributed by atoms with Gasteiger partial charge in [-0.3, -0.25) is 0 Å². The Morgan fingerprint density at radius 1 is 1.00 bits per heavy atom. The lowest BCUT2D eigenvalue weighted by Gasteiger charge is -2.24. The molecule has 0 aromatic heterocycles.